The van der Waals surface area contributed by atoms with Crippen LogP contribution in [0, 0.1) is 24.2 Å². The summed E-state index contributed by atoms with van der Waals surface area (Å²) >= 11 is 6.79. The lowest BCUT2D eigenvalue weighted by Crippen LogP contribution is -2.47. The Morgan fingerprint density at radius 1 is 1.21 bits per heavy atom. The zero-order valence-corrected chi connectivity index (χ0v) is 21.8. The molecule has 33 heavy (non-hydrogen) atoms. The molecule has 0 aromatic carbocycles. The SMILES string of the molecule is CCCCn1c(N2CCN(C)CC2)c(/C=C2\SC(=S)N(CC(C)C)C2=O)c(C)c(C#N)c1=O. The molecule has 7 nitrogen and oxygen atoms in total. The largest absolute Gasteiger partial charge is 0.355 e. The van der Waals surface area contributed by atoms with Crippen LogP contribution in [0.3, 0.4) is 0 Å². The van der Waals surface area contributed by atoms with Crippen LogP contribution < -0.4 is 10.5 Å². The summed E-state index contributed by atoms with van der Waals surface area (Å²) in [6.07, 6.45) is 3.63. The average Bonchev–Trinajstić information content (AvgIpc) is 3.03. The molecule has 2 fully saturated rings. The van der Waals surface area contributed by atoms with Crippen LogP contribution in [-0.2, 0) is 11.3 Å². The maximum Gasteiger partial charge on any atom is 0.270 e. The van der Waals surface area contributed by atoms with Crippen molar-refractivity contribution in [2.75, 3.05) is 44.7 Å². The molecule has 9 heteroatoms. The Morgan fingerprint density at radius 2 is 1.88 bits per heavy atom. The first-order chi connectivity index (χ1) is 15.7. The normalized spacial score (nSPS) is 18.6. The number of thiocarbonyl (C=S) groups is 1. The number of nitrogens with zero attached hydrogens (tertiary/aromatic N) is 5. The third kappa shape index (κ3) is 5.34. The van der Waals surface area contributed by atoms with Crippen molar-refractivity contribution in [3.8, 4) is 6.07 Å². The van der Waals surface area contributed by atoms with Gasteiger partial charge in [0.15, 0.2) is 0 Å². The quantitative estimate of drug-likeness (QED) is 0.431. The Kier molecular flexibility index (Phi) is 8.38. The number of unbranched alkanes of at least 4 members (excludes halogenated alkanes) is 1. The van der Waals surface area contributed by atoms with Crippen molar-refractivity contribution < 1.29 is 4.79 Å². The lowest BCUT2D eigenvalue weighted by Gasteiger charge is -2.36. The van der Waals surface area contributed by atoms with Gasteiger partial charge in [-0.05, 0) is 37.9 Å². The van der Waals surface area contributed by atoms with Crippen molar-refractivity contribution in [1.82, 2.24) is 14.4 Å². The van der Waals surface area contributed by atoms with E-state index in [1.54, 1.807) is 9.47 Å². The molecule has 0 saturated carbocycles. The smallest absolute Gasteiger partial charge is 0.270 e. The number of likely N-dealkylation sites (N-methyl/N-ethyl adjacent to an activating group) is 1. The van der Waals surface area contributed by atoms with Crippen LogP contribution in [0.5, 0.6) is 0 Å². The molecule has 0 spiro atoms. The number of pyridine rings is 1. The fourth-order valence-corrected chi connectivity index (χ4v) is 5.44. The Bertz CT molecular complexity index is 1060. The number of amides is 1. The van der Waals surface area contributed by atoms with Gasteiger partial charge in [0.25, 0.3) is 11.5 Å². The van der Waals surface area contributed by atoms with Gasteiger partial charge < -0.3 is 9.80 Å². The number of hydrogen-bond donors (Lipinski definition) is 0. The van der Waals surface area contributed by atoms with E-state index in [0.717, 1.165) is 50.4 Å². The van der Waals surface area contributed by atoms with E-state index < -0.39 is 0 Å². The Hall–Kier alpha value is -2.15. The van der Waals surface area contributed by atoms with E-state index in [1.807, 2.05) is 13.0 Å². The molecule has 3 rings (SSSR count). The van der Waals surface area contributed by atoms with Gasteiger partial charge >= 0.3 is 0 Å². The fourth-order valence-electron chi connectivity index (χ4n) is 4.18. The molecule has 0 aliphatic carbocycles. The van der Waals surface area contributed by atoms with E-state index in [0.29, 0.717) is 33.8 Å². The molecular weight excluding hydrogens is 454 g/mol. The molecule has 0 bridgehead atoms. The molecule has 2 aliphatic heterocycles. The first kappa shape index (κ1) is 25.5. The first-order valence-corrected chi connectivity index (χ1v) is 12.8. The minimum Gasteiger partial charge on any atom is -0.355 e. The number of carbonyl (C=O) groups is 1. The van der Waals surface area contributed by atoms with Gasteiger partial charge in [0, 0.05) is 44.8 Å². The first-order valence-electron chi connectivity index (χ1n) is 11.6. The van der Waals surface area contributed by atoms with Crippen molar-refractivity contribution in [2.24, 2.45) is 5.92 Å². The minimum atomic E-state index is -0.248. The third-order valence-electron chi connectivity index (χ3n) is 6.08. The molecule has 1 aromatic rings. The summed E-state index contributed by atoms with van der Waals surface area (Å²) in [5.74, 6) is 1.01. The van der Waals surface area contributed by atoms with Crippen LogP contribution in [0.25, 0.3) is 6.08 Å². The van der Waals surface area contributed by atoms with Gasteiger partial charge in [-0.15, -0.1) is 0 Å². The van der Waals surface area contributed by atoms with Crippen LogP contribution in [0.1, 0.15) is 50.3 Å². The second kappa shape index (κ2) is 10.9. The predicted molar refractivity (Wildman–Crippen MR) is 139 cm³/mol. The Morgan fingerprint density at radius 3 is 2.45 bits per heavy atom. The van der Waals surface area contributed by atoms with Gasteiger partial charge in [0.05, 0.1) is 4.91 Å². The van der Waals surface area contributed by atoms with Crippen molar-refractivity contribution in [2.45, 2.75) is 47.1 Å². The topological polar surface area (TPSA) is 72.6 Å². The van der Waals surface area contributed by atoms with Crippen LogP contribution in [0.2, 0.25) is 0 Å². The van der Waals surface area contributed by atoms with E-state index in [-0.39, 0.29) is 17.0 Å². The monoisotopic (exact) mass is 487 g/mol. The van der Waals surface area contributed by atoms with Crippen LogP contribution in [0.4, 0.5) is 5.82 Å². The summed E-state index contributed by atoms with van der Waals surface area (Å²) in [5, 5.41) is 9.80. The van der Waals surface area contributed by atoms with Crippen LogP contribution in [0.15, 0.2) is 9.70 Å². The van der Waals surface area contributed by atoms with Gasteiger partial charge in [-0.3, -0.25) is 19.1 Å². The van der Waals surface area contributed by atoms with Gasteiger partial charge in [-0.2, -0.15) is 5.26 Å². The molecule has 2 aliphatic rings. The Labute approximate surface area is 206 Å². The highest BCUT2D eigenvalue weighted by molar-refractivity contribution is 8.26. The average molecular weight is 488 g/mol. The van der Waals surface area contributed by atoms with Crippen molar-refractivity contribution in [3.63, 3.8) is 0 Å². The van der Waals surface area contributed by atoms with E-state index in [4.69, 9.17) is 12.2 Å². The number of anilines is 1. The predicted octanol–water partition coefficient (Wildman–Crippen LogP) is 3.44. The third-order valence-corrected chi connectivity index (χ3v) is 7.46. The molecule has 0 unspecified atom stereocenters. The van der Waals surface area contributed by atoms with Crippen molar-refractivity contribution >= 4 is 46.1 Å². The number of hydrogen-bond acceptors (Lipinski definition) is 7. The molecule has 1 aromatic heterocycles. The molecule has 0 atom stereocenters. The summed E-state index contributed by atoms with van der Waals surface area (Å²) < 4.78 is 2.31. The number of thioether (sulfide) groups is 1. The highest BCUT2D eigenvalue weighted by Gasteiger charge is 2.33. The molecule has 2 saturated heterocycles. The zero-order valence-electron chi connectivity index (χ0n) is 20.2. The maximum absolute atomic E-state index is 13.3. The van der Waals surface area contributed by atoms with E-state index >= 15 is 0 Å². The van der Waals surface area contributed by atoms with E-state index in [1.165, 1.54) is 11.8 Å². The number of nitriles is 1. The molecule has 0 radical (unpaired) electrons. The Balaban J connectivity index is 2.20. The molecule has 3 heterocycles. The van der Waals surface area contributed by atoms with E-state index in [2.05, 4.69) is 43.7 Å². The maximum atomic E-state index is 13.3. The van der Waals surface area contributed by atoms with Gasteiger partial charge in [-0.25, -0.2) is 0 Å². The summed E-state index contributed by atoms with van der Waals surface area (Å²) in [4.78, 5) is 33.2. The molecular formula is C24H33N5O2S2. The molecule has 1 amide bonds. The summed E-state index contributed by atoms with van der Waals surface area (Å²) in [5.41, 5.74) is 1.30. The van der Waals surface area contributed by atoms with Crippen LogP contribution >= 0.6 is 24.0 Å². The second-order valence-corrected chi connectivity index (χ2v) is 10.8. The lowest BCUT2D eigenvalue weighted by molar-refractivity contribution is -0.122. The molecule has 178 valence electrons. The van der Waals surface area contributed by atoms with Crippen molar-refractivity contribution in [3.05, 3.63) is 31.9 Å². The van der Waals surface area contributed by atoms with Crippen LogP contribution in [-0.4, -0.2) is 64.4 Å². The lowest BCUT2D eigenvalue weighted by atomic mass is 10.0. The summed E-state index contributed by atoms with van der Waals surface area (Å²) in [7, 11) is 2.09. The zero-order chi connectivity index (χ0) is 24.3. The highest BCUT2D eigenvalue weighted by atomic mass is 32.2. The van der Waals surface area contributed by atoms with E-state index in [9.17, 15) is 14.9 Å². The minimum absolute atomic E-state index is 0.104. The highest BCUT2D eigenvalue weighted by Crippen LogP contribution is 2.36. The summed E-state index contributed by atoms with van der Waals surface area (Å²) in [6, 6.07) is 2.12. The number of aromatic nitrogens is 1. The second-order valence-electron chi connectivity index (χ2n) is 9.14. The number of carbonyl (C=O) groups excluding carboxylic acids is 1. The van der Waals surface area contributed by atoms with Gasteiger partial charge in [-0.1, -0.05) is 51.2 Å². The van der Waals surface area contributed by atoms with Gasteiger partial charge in [0.2, 0.25) is 0 Å². The summed E-state index contributed by atoms with van der Waals surface area (Å²) in [6.45, 7) is 12.5. The number of rotatable bonds is 7. The molecule has 0 N–H and O–H groups in total. The van der Waals surface area contributed by atoms with Crippen molar-refractivity contribution in [1.29, 1.82) is 5.26 Å². The van der Waals surface area contributed by atoms with Gasteiger partial charge in [0.1, 0.15) is 21.8 Å². The number of piperazine rings is 1. The standard InChI is InChI=1S/C24H33N5O2S2/c1-6-7-8-28-21(27-11-9-26(5)10-12-27)18(17(4)19(14-25)22(28)30)13-20-23(31)29(15-16(2)3)24(32)33-20/h13,16H,6-12,15H2,1-5H3/b20-13-. The fraction of sp³-hybridized carbons (Fsp3) is 0.583.